The van der Waals surface area contributed by atoms with E-state index in [4.69, 9.17) is 16.3 Å². The Bertz CT molecular complexity index is 976. The van der Waals surface area contributed by atoms with Crippen molar-refractivity contribution in [3.8, 4) is 0 Å². The first kappa shape index (κ1) is 25.3. The number of benzene rings is 1. The van der Waals surface area contributed by atoms with Crippen LogP contribution in [0.2, 0.25) is 5.02 Å². The standard InChI is InChI=1S/C25H33ClN2O5S/c1-5-13(3)17(12-29)28-21(22(30)27-16-10-8-7-9-15(16)26)25-14(4)11-18(34-25)19(20(25)23(28)31)24(32)33-6-2/h7-10,13-14,17-21,29H,5-6,11-12H2,1-4H3,(H,27,30)/t13-,14?,17-,18-,19+,20-,21?,25?/m0/s1. The van der Waals surface area contributed by atoms with Gasteiger partial charge in [0.25, 0.3) is 0 Å². The van der Waals surface area contributed by atoms with Gasteiger partial charge in [0.15, 0.2) is 0 Å². The molecule has 0 aliphatic carbocycles. The van der Waals surface area contributed by atoms with Gasteiger partial charge in [-0.3, -0.25) is 14.4 Å². The van der Waals surface area contributed by atoms with Crippen LogP contribution in [0, 0.1) is 23.7 Å². The van der Waals surface area contributed by atoms with Crippen LogP contribution in [0.25, 0.3) is 0 Å². The Morgan fingerprint density at radius 2 is 2.06 bits per heavy atom. The monoisotopic (exact) mass is 508 g/mol. The molecule has 1 aromatic carbocycles. The summed E-state index contributed by atoms with van der Waals surface area (Å²) in [5.41, 5.74) is 0.470. The molecule has 0 saturated carbocycles. The van der Waals surface area contributed by atoms with E-state index in [0.717, 1.165) is 12.8 Å². The maximum Gasteiger partial charge on any atom is 0.310 e. The second kappa shape index (κ2) is 9.70. The van der Waals surface area contributed by atoms with Crippen LogP contribution in [-0.2, 0) is 19.1 Å². The van der Waals surface area contributed by atoms with Crippen molar-refractivity contribution >= 4 is 46.8 Å². The molecular formula is C25H33ClN2O5S. The molecule has 1 aromatic rings. The maximum absolute atomic E-state index is 14.1. The Morgan fingerprint density at radius 3 is 2.68 bits per heavy atom. The third-order valence-corrected chi connectivity index (χ3v) is 10.4. The Kier molecular flexibility index (Phi) is 7.23. The summed E-state index contributed by atoms with van der Waals surface area (Å²) in [4.78, 5) is 42.6. The molecule has 2 N–H and O–H groups in total. The Morgan fingerprint density at radius 1 is 1.35 bits per heavy atom. The highest BCUT2D eigenvalue weighted by Gasteiger charge is 2.77. The molecule has 3 unspecified atom stereocenters. The highest BCUT2D eigenvalue weighted by molar-refractivity contribution is 8.02. The van der Waals surface area contributed by atoms with Crippen molar-refractivity contribution in [3.63, 3.8) is 0 Å². The molecule has 186 valence electrons. The van der Waals surface area contributed by atoms with Crippen molar-refractivity contribution in [3.05, 3.63) is 29.3 Å². The third kappa shape index (κ3) is 3.73. The molecule has 3 fully saturated rings. The average Bonchev–Trinajstić information content (AvgIpc) is 3.40. The molecule has 0 radical (unpaired) electrons. The van der Waals surface area contributed by atoms with Gasteiger partial charge in [-0.15, -0.1) is 11.8 Å². The number of amides is 2. The van der Waals surface area contributed by atoms with Crippen LogP contribution in [0.15, 0.2) is 24.3 Å². The molecule has 34 heavy (non-hydrogen) atoms. The number of rotatable bonds is 8. The molecule has 3 aliphatic rings. The number of fused-ring (bicyclic) bond motifs is 1. The number of hydrogen-bond donors (Lipinski definition) is 2. The van der Waals surface area contributed by atoms with E-state index in [1.165, 1.54) is 0 Å². The van der Waals surface area contributed by atoms with Gasteiger partial charge in [0.1, 0.15) is 6.04 Å². The van der Waals surface area contributed by atoms with Gasteiger partial charge in [0.05, 0.1) is 46.5 Å². The van der Waals surface area contributed by atoms with Crippen molar-refractivity contribution < 1.29 is 24.2 Å². The summed E-state index contributed by atoms with van der Waals surface area (Å²) in [6.07, 6.45) is 1.47. The predicted molar refractivity (Wildman–Crippen MR) is 133 cm³/mol. The van der Waals surface area contributed by atoms with E-state index in [2.05, 4.69) is 12.2 Å². The van der Waals surface area contributed by atoms with Crippen LogP contribution in [0.5, 0.6) is 0 Å². The third-order valence-electron chi connectivity index (χ3n) is 7.97. The van der Waals surface area contributed by atoms with Gasteiger partial charge in [0.2, 0.25) is 11.8 Å². The number of likely N-dealkylation sites (tertiary alicyclic amines) is 1. The van der Waals surface area contributed by atoms with E-state index in [-0.39, 0.29) is 48.1 Å². The first-order chi connectivity index (χ1) is 16.2. The lowest BCUT2D eigenvalue weighted by molar-refractivity contribution is -0.154. The zero-order valence-corrected chi connectivity index (χ0v) is 21.6. The zero-order chi connectivity index (χ0) is 24.8. The number of nitrogens with one attached hydrogen (secondary N) is 1. The minimum Gasteiger partial charge on any atom is -0.466 e. The summed E-state index contributed by atoms with van der Waals surface area (Å²) >= 11 is 7.90. The summed E-state index contributed by atoms with van der Waals surface area (Å²) in [6.45, 7) is 7.76. The van der Waals surface area contributed by atoms with Gasteiger partial charge in [-0.2, -0.15) is 0 Å². The molecule has 0 aromatic heterocycles. The van der Waals surface area contributed by atoms with E-state index in [1.807, 2.05) is 13.8 Å². The largest absolute Gasteiger partial charge is 0.466 e. The zero-order valence-electron chi connectivity index (χ0n) is 20.0. The molecule has 3 heterocycles. The number of carbonyl (C=O) groups excluding carboxylic acids is 3. The number of thioether (sulfide) groups is 1. The quantitative estimate of drug-likeness (QED) is 0.521. The van der Waals surface area contributed by atoms with Gasteiger partial charge < -0.3 is 20.1 Å². The van der Waals surface area contributed by atoms with Crippen molar-refractivity contribution in [1.29, 1.82) is 0 Å². The Hall–Kier alpha value is -1.77. The molecule has 2 amide bonds. The SMILES string of the molecule is CCOC(=O)[C@@H]1[C@@H]2CC(C)C3(S2)C(C(=O)Nc2ccccc2Cl)N([C@@H](CO)[C@@H](C)CC)C(=O)[C@H]13. The van der Waals surface area contributed by atoms with Crippen LogP contribution in [-0.4, -0.2) is 63.1 Å². The molecule has 3 aliphatic heterocycles. The van der Waals surface area contributed by atoms with Gasteiger partial charge in [-0.05, 0) is 37.3 Å². The molecule has 1 spiro atoms. The lowest BCUT2D eigenvalue weighted by Crippen LogP contribution is -2.58. The number of halogens is 1. The van der Waals surface area contributed by atoms with E-state index in [0.29, 0.717) is 10.7 Å². The minimum absolute atomic E-state index is 0.0293. The summed E-state index contributed by atoms with van der Waals surface area (Å²) in [5.74, 6) is -2.20. The van der Waals surface area contributed by atoms with Crippen LogP contribution in [0.4, 0.5) is 5.69 Å². The van der Waals surface area contributed by atoms with Gasteiger partial charge in [-0.25, -0.2) is 0 Å². The summed E-state index contributed by atoms with van der Waals surface area (Å²) in [7, 11) is 0. The minimum atomic E-state index is -0.836. The number of esters is 1. The van der Waals surface area contributed by atoms with Gasteiger partial charge >= 0.3 is 5.97 Å². The van der Waals surface area contributed by atoms with E-state index in [9.17, 15) is 19.5 Å². The molecule has 2 bridgehead atoms. The van der Waals surface area contributed by atoms with E-state index in [1.54, 1.807) is 47.9 Å². The smallest absolute Gasteiger partial charge is 0.310 e. The number of para-hydroxylation sites is 1. The second-order valence-corrected chi connectivity index (χ2v) is 11.6. The van der Waals surface area contributed by atoms with Crippen molar-refractivity contribution in [1.82, 2.24) is 4.90 Å². The van der Waals surface area contributed by atoms with Crippen molar-refractivity contribution in [2.45, 2.75) is 62.6 Å². The Balaban J connectivity index is 1.81. The van der Waals surface area contributed by atoms with Gasteiger partial charge in [-0.1, -0.05) is 50.9 Å². The van der Waals surface area contributed by atoms with E-state index >= 15 is 0 Å². The number of aliphatic hydroxyl groups is 1. The van der Waals surface area contributed by atoms with Crippen molar-refractivity contribution in [2.24, 2.45) is 23.7 Å². The lowest BCUT2D eigenvalue weighted by atomic mass is 9.66. The van der Waals surface area contributed by atoms with Gasteiger partial charge in [0, 0.05) is 5.25 Å². The fourth-order valence-corrected chi connectivity index (χ4v) is 8.78. The maximum atomic E-state index is 14.1. The summed E-state index contributed by atoms with van der Waals surface area (Å²) in [5, 5.41) is 13.6. The first-order valence-corrected chi connectivity index (χ1v) is 13.3. The molecule has 9 heteroatoms. The second-order valence-electron chi connectivity index (χ2n) is 9.65. The highest BCUT2D eigenvalue weighted by Crippen LogP contribution is 2.69. The number of anilines is 1. The van der Waals surface area contributed by atoms with Crippen LogP contribution in [0.1, 0.15) is 40.5 Å². The molecular weight excluding hydrogens is 476 g/mol. The van der Waals surface area contributed by atoms with Crippen LogP contribution in [0.3, 0.4) is 0 Å². The van der Waals surface area contributed by atoms with Crippen LogP contribution < -0.4 is 5.32 Å². The topological polar surface area (TPSA) is 95.9 Å². The predicted octanol–water partition coefficient (Wildman–Crippen LogP) is 3.59. The van der Waals surface area contributed by atoms with Crippen molar-refractivity contribution in [2.75, 3.05) is 18.5 Å². The summed E-state index contributed by atoms with van der Waals surface area (Å²) in [6, 6.07) is 5.61. The molecule has 3 saturated heterocycles. The number of ether oxygens (including phenoxy) is 1. The number of carbonyl (C=O) groups is 3. The molecule has 8 atom stereocenters. The Labute approximate surface area is 209 Å². The average molecular weight is 509 g/mol. The number of hydrogen-bond acceptors (Lipinski definition) is 6. The summed E-state index contributed by atoms with van der Waals surface area (Å²) < 4.78 is 4.60. The fraction of sp³-hybridized carbons (Fsp3) is 0.640. The fourth-order valence-electron chi connectivity index (χ4n) is 6.20. The first-order valence-electron chi connectivity index (χ1n) is 12.1. The van der Waals surface area contributed by atoms with E-state index < -0.39 is 28.7 Å². The number of nitrogens with zero attached hydrogens (tertiary/aromatic N) is 1. The normalized spacial score (nSPS) is 33.5. The molecule has 4 rings (SSSR count). The molecule has 7 nitrogen and oxygen atoms in total. The number of aliphatic hydroxyl groups excluding tert-OH is 1. The lowest BCUT2D eigenvalue weighted by Gasteiger charge is -2.41. The highest BCUT2D eigenvalue weighted by atomic mass is 35.5. The van der Waals surface area contributed by atoms with Crippen LogP contribution >= 0.6 is 23.4 Å².